The van der Waals surface area contributed by atoms with E-state index in [0.29, 0.717) is 0 Å². The zero-order valence-corrected chi connectivity index (χ0v) is 16.5. The molecule has 0 N–H and O–H groups in total. The van der Waals surface area contributed by atoms with Crippen molar-refractivity contribution < 1.29 is 0 Å². The number of fused-ring (bicyclic) bond motifs is 4. The molecule has 0 bridgehead atoms. The first kappa shape index (κ1) is 16.2. The molecule has 0 radical (unpaired) electrons. The fourth-order valence-corrected chi connectivity index (χ4v) is 5.70. The highest BCUT2D eigenvalue weighted by Crippen LogP contribution is 2.41. The summed E-state index contributed by atoms with van der Waals surface area (Å²) in [5.41, 5.74) is 3.95. The van der Waals surface area contributed by atoms with Gasteiger partial charge in [0.15, 0.2) is 0 Å². The molecule has 4 aromatic carbocycles. The number of hydrogen-bond acceptors (Lipinski definition) is 3. The highest BCUT2D eigenvalue weighted by Gasteiger charge is 2.12. The quantitative estimate of drug-likeness (QED) is 0.242. The lowest BCUT2D eigenvalue weighted by Gasteiger charge is -2.09. The van der Waals surface area contributed by atoms with Gasteiger partial charge >= 0.3 is 0 Å². The second kappa shape index (κ2) is 6.66. The molecule has 3 heteroatoms. The molecule has 1 heterocycles. The Hall–Kier alpha value is -1.94. The van der Waals surface area contributed by atoms with Gasteiger partial charge in [0.2, 0.25) is 0 Å². The fourth-order valence-electron chi connectivity index (χ4n) is 3.69. The van der Waals surface area contributed by atoms with Gasteiger partial charge in [-0.15, -0.1) is 23.0 Å². The maximum atomic E-state index is 4.29. The maximum absolute atomic E-state index is 4.29. The molecule has 0 nitrogen and oxygen atoms in total. The van der Waals surface area contributed by atoms with Gasteiger partial charge in [0, 0.05) is 31.5 Å². The first-order valence-electron chi connectivity index (χ1n) is 8.54. The number of hydrogen-bond donors (Lipinski definition) is 1. The Morgan fingerprint density at radius 1 is 0.731 bits per heavy atom. The zero-order valence-electron chi connectivity index (χ0n) is 14.0. The second-order valence-corrected chi connectivity index (χ2v) is 8.79. The largest absolute Gasteiger partial charge is 0.135 e. The molecule has 0 fully saturated rings. The van der Waals surface area contributed by atoms with Gasteiger partial charge in [0.1, 0.15) is 0 Å². The standard InChI is InChI=1S/C23H16S3/c24-25-14-15-11-12-17-16(13-15)5-3-7-18(17)20-8-4-9-21-19-6-1-2-10-22(19)26-23(20)21/h1-13,24H,14H2. The molecular weight excluding hydrogens is 372 g/mol. The Bertz CT molecular complexity index is 1250. The summed E-state index contributed by atoms with van der Waals surface area (Å²) in [5.74, 6) is 0.926. The van der Waals surface area contributed by atoms with Crippen LogP contribution in [0.3, 0.4) is 0 Å². The summed E-state index contributed by atoms with van der Waals surface area (Å²) < 4.78 is 2.72. The molecule has 26 heavy (non-hydrogen) atoms. The Kier molecular flexibility index (Phi) is 4.16. The predicted molar refractivity (Wildman–Crippen MR) is 123 cm³/mol. The summed E-state index contributed by atoms with van der Waals surface area (Å²) in [5, 5.41) is 5.30. The van der Waals surface area contributed by atoms with Crippen molar-refractivity contribution in [2.24, 2.45) is 0 Å². The predicted octanol–water partition coefficient (Wildman–Crippen LogP) is 7.95. The summed E-state index contributed by atoms with van der Waals surface area (Å²) in [4.78, 5) is 0. The first-order valence-corrected chi connectivity index (χ1v) is 11.4. The molecule has 1 aromatic heterocycles. The first-order chi connectivity index (χ1) is 12.8. The molecule has 126 valence electrons. The van der Waals surface area contributed by atoms with Crippen molar-refractivity contribution in [1.29, 1.82) is 0 Å². The lowest BCUT2D eigenvalue weighted by molar-refractivity contribution is 1.45. The third kappa shape index (κ3) is 2.62. The number of thiophene rings is 1. The Balaban J connectivity index is 1.80. The van der Waals surface area contributed by atoms with Gasteiger partial charge in [-0.05, 0) is 28.0 Å². The monoisotopic (exact) mass is 388 g/mol. The van der Waals surface area contributed by atoms with E-state index in [1.807, 2.05) is 11.3 Å². The Labute approximate surface area is 165 Å². The van der Waals surface area contributed by atoms with Crippen LogP contribution < -0.4 is 0 Å². The minimum atomic E-state index is 0.926. The summed E-state index contributed by atoms with van der Waals surface area (Å²) >= 11 is 6.18. The number of rotatable bonds is 3. The number of thiol groups is 1. The lowest BCUT2D eigenvalue weighted by Crippen LogP contribution is -1.84. The molecule has 0 saturated carbocycles. The topological polar surface area (TPSA) is 0 Å². The Morgan fingerprint density at radius 3 is 2.46 bits per heavy atom. The van der Waals surface area contributed by atoms with Gasteiger partial charge in [-0.2, -0.15) is 0 Å². The highest BCUT2D eigenvalue weighted by molar-refractivity contribution is 8.68. The normalized spacial score (nSPS) is 11.6. The van der Waals surface area contributed by atoms with Crippen molar-refractivity contribution in [3.8, 4) is 11.1 Å². The summed E-state index contributed by atoms with van der Waals surface area (Å²) in [6, 6.07) is 28.7. The molecule has 0 amide bonds. The third-order valence-corrected chi connectivity index (χ3v) is 6.94. The average molecular weight is 389 g/mol. The van der Waals surface area contributed by atoms with Crippen molar-refractivity contribution in [2.75, 3.05) is 0 Å². The summed E-state index contributed by atoms with van der Waals surface area (Å²) in [6.45, 7) is 0. The Morgan fingerprint density at radius 2 is 1.54 bits per heavy atom. The van der Waals surface area contributed by atoms with E-state index in [0.717, 1.165) is 5.75 Å². The highest BCUT2D eigenvalue weighted by atomic mass is 33.1. The van der Waals surface area contributed by atoms with Crippen LogP contribution in [0, 0.1) is 0 Å². The van der Waals surface area contributed by atoms with Crippen LogP contribution in [0.25, 0.3) is 42.1 Å². The smallest absolute Gasteiger partial charge is 0.0434 e. The van der Waals surface area contributed by atoms with Crippen LogP contribution in [0.2, 0.25) is 0 Å². The van der Waals surface area contributed by atoms with E-state index in [9.17, 15) is 0 Å². The van der Waals surface area contributed by atoms with E-state index in [1.54, 1.807) is 10.8 Å². The molecule has 0 atom stereocenters. The number of benzene rings is 4. The van der Waals surface area contributed by atoms with Crippen LogP contribution in [-0.2, 0) is 5.75 Å². The van der Waals surface area contributed by atoms with Crippen molar-refractivity contribution in [2.45, 2.75) is 5.75 Å². The fraction of sp³-hybridized carbons (Fsp3) is 0.0435. The van der Waals surface area contributed by atoms with E-state index in [4.69, 9.17) is 0 Å². The molecule has 5 rings (SSSR count). The van der Waals surface area contributed by atoms with Crippen LogP contribution in [0.1, 0.15) is 5.56 Å². The zero-order chi connectivity index (χ0) is 17.5. The van der Waals surface area contributed by atoms with Crippen LogP contribution in [0.15, 0.2) is 78.9 Å². The average Bonchev–Trinajstić information content (AvgIpc) is 3.06. The van der Waals surface area contributed by atoms with Gasteiger partial charge in [-0.3, -0.25) is 0 Å². The summed E-state index contributed by atoms with van der Waals surface area (Å²) in [6.07, 6.45) is 0. The molecule has 0 saturated heterocycles. The van der Waals surface area contributed by atoms with Crippen molar-refractivity contribution in [3.63, 3.8) is 0 Å². The van der Waals surface area contributed by atoms with Gasteiger partial charge in [0.05, 0.1) is 0 Å². The van der Waals surface area contributed by atoms with Gasteiger partial charge in [0.25, 0.3) is 0 Å². The van der Waals surface area contributed by atoms with Crippen LogP contribution in [-0.4, -0.2) is 0 Å². The van der Waals surface area contributed by atoms with E-state index in [1.165, 1.54) is 47.6 Å². The van der Waals surface area contributed by atoms with Crippen LogP contribution in [0.5, 0.6) is 0 Å². The van der Waals surface area contributed by atoms with Crippen molar-refractivity contribution >= 4 is 64.7 Å². The molecule has 0 spiro atoms. The summed E-state index contributed by atoms with van der Waals surface area (Å²) in [7, 11) is 1.56. The van der Waals surface area contributed by atoms with E-state index >= 15 is 0 Å². The maximum Gasteiger partial charge on any atom is 0.0434 e. The van der Waals surface area contributed by atoms with Crippen molar-refractivity contribution in [1.82, 2.24) is 0 Å². The molecule has 0 aliphatic heterocycles. The van der Waals surface area contributed by atoms with Crippen LogP contribution >= 0.6 is 33.8 Å². The molecular formula is C23H16S3. The van der Waals surface area contributed by atoms with Crippen molar-refractivity contribution in [3.05, 3.63) is 84.4 Å². The van der Waals surface area contributed by atoms with E-state index in [-0.39, 0.29) is 0 Å². The van der Waals surface area contributed by atoms with E-state index in [2.05, 4.69) is 90.5 Å². The minimum absolute atomic E-state index is 0.926. The second-order valence-electron chi connectivity index (χ2n) is 6.41. The minimum Gasteiger partial charge on any atom is -0.135 e. The molecule has 0 aliphatic carbocycles. The lowest BCUT2D eigenvalue weighted by atomic mass is 9.96. The molecule has 0 aliphatic rings. The molecule has 0 unspecified atom stereocenters. The van der Waals surface area contributed by atoms with Gasteiger partial charge in [-0.1, -0.05) is 83.6 Å². The van der Waals surface area contributed by atoms with Gasteiger partial charge in [-0.25, -0.2) is 0 Å². The van der Waals surface area contributed by atoms with E-state index < -0.39 is 0 Å². The van der Waals surface area contributed by atoms with Gasteiger partial charge < -0.3 is 0 Å². The molecule has 5 aromatic rings. The SMILES string of the molecule is SSCc1ccc2c(-c3cccc4c3sc3ccccc34)cccc2c1. The van der Waals surface area contributed by atoms with Crippen LogP contribution in [0.4, 0.5) is 0 Å². The third-order valence-electron chi connectivity index (χ3n) is 4.87.